The molecule has 3 fully saturated rings. The fraction of sp³-hybridized carbons (Fsp3) is 0.609. The van der Waals surface area contributed by atoms with Crippen LogP contribution in [0.2, 0.25) is 0 Å². The van der Waals surface area contributed by atoms with Crippen LogP contribution in [0.1, 0.15) is 26.2 Å². The third-order valence-corrected chi connectivity index (χ3v) is 9.13. The lowest BCUT2D eigenvalue weighted by atomic mass is 9.95. The van der Waals surface area contributed by atoms with Crippen LogP contribution in [-0.2, 0) is 4.74 Å². The van der Waals surface area contributed by atoms with Gasteiger partial charge in [0.05, 0.1) is 39.9 Å². The molecule has 0 aliphatic carbocycles. The Morgan fingerprint density at radius 3 is 3.12 bits per heavy atom. The third-order valence-electron chi connectivity index (χ3n) is 7.14. The number of hydrogen-bond acceptors (Lipinski definition) is 9. The zero-order chi connectivity index (χ0) is 23.5. The van der Waals surface area contributed by atoms with Crippen molar-refractivity contribution in [2.24, 2.45) is 0 Å². The fourth-order valence-electron chi connectivity index (χ4n) is 5.65. The molecular weight excluding hydrogens is 525 g/mol. The first-order chi connectivity index (χ1) is 16.3. The average molecular weight is 552 g/mol. The Balaban J connectivity index is 1.42. The van der Waals surface area contributed by atoms with E-state index in [1.54, 1.807) is 24.5 Å². The second-order valence-electron chi connectivity index (χ2n) is 9.95. The molecule has 3 aromatic rings. The molecule has 8 nitrogen and oxygen atoms in total. The summed E-state index contributed by atoms with van der Waals surface area (Å²) in [6.45, 7) is 5.24. The van der Waals surface area contributed by atoms with Crippen LogP contribution in [0, 0.1) is 0 Å². The number of alkyl halides is 1. The third kappa shape index (κ3) is 3.95. The van der Waals surface area contributed by atoms with Crippen LogP contribution >= 0.6 is 27.3 Å². The Bertz CT molecular complexity index is 1240. The van der Waals surface area contributed by atoms with Crippen molar-refractivity contribution < 1.29 is 19.0 Å². The average Bonchev–Trinajstić information content (AvgIpc) is 3.40. The molecule has 0 aromatic carbocycles. The first-order valence-electron chi connectivity index (χ1n) is 11.6. The summed E-state index contributed by atoms with van der Waals surface area (Å²) in [5, 5.41) is 12.7. The number of nitrogens with zero attached hydrogens (tertiary/aromatic N) is 5. The number of ether oxygens (including phenoxy) is 2. The predicted octanol–water partition coefficient (Wildman–Crippen LogP) is 3.54. The van der Waals surface area contributed by atoms with Gasteiger partial charge in [-0.25, -0.2) is 4.39 Å². The van der Waals surface area contributed by atoms with Crippen LogP contribution in [-0.4, -0.2) is 88.3 Å². The summed E-state index contributed by atoms with van der Waals surface area (Å²) in [6, 6.07) is 0.284. The summed E-state index contributed by atoms with van der Waals surface area (Å²) in [6.07, 6.45) is 5.27. The second kappa shape index (κ2) is 8.48. The standard InChI is InChI=1S/C23H27BrFN5O3S/c1-22(31)11-29(5-6-32-12-22)19-17-15-8-26-9-16(24)18(15)34-20(17)28-21(27-19)33-13-23-3-2-4-30(23)10-14(25)7-23/h8-9,14,31H,2-7,10-13H2,1H3/t14-,22+,23+/m1/s1. The van der Waals surface area contributed by atoms with Gasteiger partial charge in [0.1, 0.15) is 29.0 Å². The summed E-state index contributed by atoms with van der Waals surface area (Å²) in [5.41, 5.74) is -1.28. The molecule has 0 spiro atoms. The van der Waals surface area contributed by atoms with Gasteiger partial charge in [-0.2, -0.15) is 9.97 Å². The maximum Gasteiger partial charge on any atom is 0.319 e. The second-order valence-corrected chi connectivity index (χ2v) is 11.8. The molecule has 0 unspecified atom stereocenters. The molecule has 3 atom stereocenters. The highest BCUT2D eigenvalue weighted by Gasteiger charge is 2.49. The van der Waals surface area contributed by atoms with E-state index in [-0.39, 0.29) is 18.2 Å². The minimum atomic E-state index is -1.01. The minimum Gasteiger partial charge on any atom is -0.461 e. The van der Waals surface area contributed by atoms with E-state index in [1.807, 2.05) is 11.1 Å². The highest BCUT2D eigenvalue weighted by Crippen LogP contribution is 2.43. The van der Waals surface area contributed by atoms with E-state index in [1.165, 1.54) is 0 Å². The Kier molecular flexibility index (Phi) is 5.68. The van der Waals surface area contributed by atoms with E-state index in [0.717, 1.165) is 44.2 Å². The maximum absolute atomic E-state index is 14.2. The van der Waals surface area contributed by atoms with Crippen LogP contribution in [0.3, 0.4) is 0 Å². The van der Waals surface area contributed by atoms with Gasteiger partial charge in [0.25, 0.3) is 0 Å². The molecule has 6 rings (SSSR count). The van der Waals surface area contributed by atoms with Crippen molar-refractivity contribution in [2.45, 2.75) is 43.5 Å². The molecule has 3 saturated heterocycles. The summed E-state index contributed by atoms with van der Waals surface area (Å²) < 4.78 is 28.0. The Morgan fingerprint density at radius 2 is 2.24 bits per heavy atom. The van der Waals surface area contributed by atoms with Crippen LogP contribution in [0.5, 0.6) is 6.01 Å². The molecule has 0 radical (unpaired) electrons. The zero-order valence-electron chi connectivity index (χ0n) is 19.0. The SMILES string of the molecule is C[C@@]1(O)COCCN(c2nc(OC[C@@]34CCCN3C[C@H](F)C4)nc3sc4c(Br)cncc4c23)C1. The lowest BCUT2D eigenvalue weighted by Gasteiger charge is -2.31. The van der Waals surface area contributed by atoms with E-state index in [0.29, 0.717) is 45.1 Å². The normalized spacial score (nSPS) is 30.2. The lowest BCUT2D eigenvalue weighted by Crippen LogP contribution is -2.43. The van der Waals surface area contributed by atoms with Gasteiger partial charge < -0.3 is 19.5 Å². The molecule has 3 aliphatic rings. The summed E-state index contributed by atoms with van der Waals surface area (Å²) in [7, 11) is 0. The smallest absolute Gasteiger partial charge is 0.319 e. The Morgan fingerprint density at radius 1 is 1.35 bits per heavy atom. The summed E-state index contributed by atoms with van der Waals surface area (Å²) in [5.74, 6) is 0.701. The van der Waals surface area contributed by atoms with E-state index < -0.39 is 11.8 Å². The Labute approximate surface area is 209 Å². The highest BCUT2D eigenvalue weighted by molar-refractivity contribution is 9.10. The molecule has 3 aliphatic heterocycles. The maximum atomic E-state index is 14.2. The van der Waals surface area contributed by atoms with Crippen molar-refractivity contribution in [1.29, 1.82) is 0 Å². The number of rotatable bonds is 4. The molecule has 0 saturated carbocycles. The summed E-state index contributed by atoms with van der Waals surface area (Å²) >= 11 is 5.16. The number of hydrogen-bond donors (Lipinski definition) is 1. The van der Waals surface area contributed by atoms with Gasteiger partial charge in [0.2, 0.25) is 0 Å². The molecule has 11 heteroatoms. The molecule has 34 heavy (non-hydrogen) atoms. The monoisotopic (exact) mass is 551 g/mol. The molecular formula is C23H27BrFN5O3S. The fourth-order valence-corrected chi connectivity index (χ4v) is 7.26. The summed E-state index contributed by atoms with van der Waals surface area (Å²) in [4.78, 5) is 19.0. The van der Waals surface area contributed by atoms with Gasteiger partial charge in [-0.1, -0.05) is 0 Å². The van der Waals surface area contributed by atoms with Gasteiger partial charge in [-0.05, 0) is 42.2 Å². The first kappa shape index (κ1) is 22.8. The van der Waals surface area contributed by atoms with Crippen molar-refractivity contribution in [3.05, 3.63) is 16.9 Å². The van der Waals surface area contributed by atoms with Crippen molar-refractivity contribution in [3.63, 3.8) is 0 Å². The number of anilines is 1. The van der Waals surface area contributed by atoms with Crippen molar-refractivity contribution in [3.8, 4) is 6.01 Å². The van der Waals surface area contributed by atoms with Crippen LogP contribution in [0.25, 0.3) is 20.3 Å². The first-order valence-corrected chi connectivity index (χ1v) is 13.3. The Hall–Kier alpha value is -1.66. The van der Waals surface area contributed by atoms with Crippen LogP contribution in [0.4, 0.5) is 10.2 Å². The highest BCUT2D eigenvalue weighted by atomic mass is 79.9. The van der Waals surface area contributed by atoms with E-state index in [4.69, 9.17) is 19.4 Å². The topological polar surface area (TPSA) is 83.8 Å². The number of aromatic nitrogens is 3. The molecule has 6 heterocycles. The van der Waals surface area contributed by atoms with Gasteiger partial charge in [-0.3, -0.25) is 9.88 Å². The van der Waals surface area contributed by atoms with Crippen LogP contribution < -0.4 is 9.64 Å². The van der Waals surface area contributed by atoms with E-state index >= 15 is 0 Å². The number of aliphatic hydroxyl groups is 1. The molecule has 182 valence electrons. The molecule has 3 aromatic heterocycles. The van der Waals surface area contributed by atoms with Gasteiger partial charge in [0.15, 0.2) is 0 Å². The van der Waals surface area contributed by atoms with Gasteiger partial charge in [0, 0.05) is 37.3 Å². The quantitative estimate of drug-likeness (QED) is 0.527. The van der Waals surface area contributed by atoms with Crippen LogP contribution in [0.15, 0.2) is 16.9 Å². The zero-order valence-corrected chi connectivity index (χ0v) is 21.4. The predicted molar refractivity (Wildman–Crippen MR) is 133 cm³/mol. The number of β-amino-alcohol motifs (C(OH)–C–C–N with tert-alkyl or cyclic N) is 1. The van der Waals surface area contributed by atoms with E-state index in [2.05, 4.69) is 25.8 Å². The van der Waals surface area contributed by atoms with Gasteiger partial charge >= 0.3 is 6.01 Å². The van der Waals surface area contributed by atoms with E-state index in [9.17, 15) is 9.50 Å². The molecule has 0 bridgehead atoms. The van der Waals surface area contributed by atoms with Crippen molar-refractivity contribution >= 4 is 53.4 Å². The minimum absolute atomic E-state index is 0.265. The number of fused-ring (bicyclic) bond motifs is 4. The number of pyridine rings is 1. The lowest BCUT2D eigenvalue weighted by molar-refractivity contribution is -0.0123. The molecule has 1 N–H and O–H groups in total. The van der Waals surface area contributed by atoms with Gasteiger partial charge in [-0.15, -0.1) is 11.3 Å². The largest absolute Gasteiger partial charge is 0.461 e. The number of thiophene rings is 1. The van der Waals surface area contributed by atoms with Crippen molar-refractivity contribution in [2.75, 3.05) is 50.9 Å². The molecule has 0 amide bonds. The number of halogens is 2. The van der Waals surface area contributed by atoms with Crippen molar-refractivity contribution in [1.82, 2.24) is 19.9 Å².